The first kappa shape index (κ1) is 48.6. The lowest BCUT2D eigenvalue weighted by Crippen LogP contribution is -2.38. The molecule has 1 aliphatic rings. The topological polar surface area (TPSA) is 171 Å². The molecule has 304 valence electrons. The summed E-state index contributed by atoms with van der Waals surface area (Å²) in [6.07, 6.45) is 16.0. The quantitative estimate of drug-likeness (QED) is 0.0473. The second kappa shape index (κ2) is 24.9. The molecule has 0 spiro atoms. The van der Waals surface area contributed by atoms with E-state index in [-0.39, 0.29) is 25.7 Å². The van der Waals surface area contributed by atoms with Gasteiger partial charge in [-0.3, -0.25) is 9.59 Å². The molecule has 0 bridgehead atoms. The summed E-state index contributed by atoms with van der Waals surface area (Å²) in [7, 11) is -19.3. The van der Waals surface area contributed by atoms with E-state index < -0.39 is 93.5 Å². The van der Waals surface area contributed by atoms with Crippen molar-refractivity contribution in [2.24, 2.45) is 0 Å². The molecule has 0 aromatic heterocycles. The van der Waals surface area contributed by atoms with Gasteiger partial charge in [0.1, 0.15) is 19.6 Å². The van der Waals surface area contributed by atoms with Crippen molar-refractivity contribution in [2.45, 2.75) is 182 Å². The average molecular weight is 813 g/mol. The molecule has 52 heavy (non-hydrogen) atoms. The third kappa shape index (κ3) is 16.2. The minimum Gasteiger partial charge on any atom is -0.287 e. The zero-order chi connectivity index (χ0) is 39.3. The molecule has 0 atom stereocenters. The second-order valence-electron chi connectivity index (χ2n) is 14.3. The third-order valence-electron chi connectivity index (χ3n) is 9.55. The van der Waals surface area contributed by atoms with Crippen LogP contribution in [0, 0.1) is 0 Å². The summed E-state index contributed by atoms with van der Waals surface area (Å²) in [5.41, 5.74) is 0. The SMILES string of the molecule is CCCCCCCCS(=O)(=O)C1=C(S(=O)(=O)CCCCCCCC)C(=O)C(S(=O)(=O)CCCCCCCC)=C(S(=O)(=O)CCCCCCCC)C1=O. The van der Waals surface area contributed by atoms with Crippen molar-refractivity contribution in [2.75, 3.05) is 23.0 Å². The second-order valence-corrected chi connectivity index (χ2v) is 22.5. The van der Waals surface area contributed by atoms with Gasteiger partial charge >= 0.3 is 0 Å². The summed E-state index contributed by atoms with van der Waals surface area (Å²) in [5, 5.41) is 0. The molecule has 1 aliphatic carbocycles. The van der Waals surface area contributed by atoms with E-state index in [1.807, 2.05) is 27.7 Å². The summed E-state index contributed by atoms with van der Waals surface area (Å²) in [4.78, 5) is 23.2. The van der Waals surface area contributed by atoms with Gasteiger partial charge in [-0.15, -0.1) is 0 Å². The maximum Gasteiger partial charge on any atom is 0.218 e. The number of allylic oxidation sites excluding steroid dienone is 4. The van der Waals surface area contributed by atoms with Crippen LogP contribution in [0.1, 0.15) is 182 Å². The van der Waals surface area contributed by atoms with Crippen LogP contribution in [0.4, 0.5) is 0 Å². The highest BCUT2D eigenvalue weighted by molar-refractivity contribution is 8.03. The van der Waals surface area contributed by atoms with Gasteiger partial charge < -0.3 is 0 Å². The lowest BCUT2D eigenvalue weighted by molar-refractivity contribution is -0.114. The Hall–Kier alpha value is -1.38. The Labute approximate surface area is 317 Å². The smallest absolute Gasteiger partial charge is 0.218 e. The fraction of sp³-hybridized carbons (Fsp3) is 0.842. The van der Waals surface area contributed by atoms with Gasteiger partial charge in [-0.1, -0.05) is 156 Å². The first-order valence-electron chi connectivity index (χ1n) is 20.0. The Morgan fingerprint density at radius 3 is 0.596 bits per heavy atom. The maximum atomic E-state index is 14.4. The van der Waals surface area contributed by atoms with Crippen molar-refractivity contribution >= 4 is 50.9 Å². The van der Waals surface area contributed by atoms with E-state index in [1.165, 1.54) is 0 Å². The summed E-state index contributed by atoms with van der Waals surface area (Å²) >= 11 is 0. The molecule has 0 aliphatic heterocycles. The number of carbonyl (C=O) groups excluding carboxylic acids is 2. The number of sulfone groups is 4. The highest BCUT2D eigenvalue weighted by Gasteiger charge is 2.51. The van der Waals surface area contributed by atoms with Crippen LogP contribution in [0.5, 0.6) is 0 Å². The van der Waals surface area contributed by atoms with Crippen molar-refractivity contribution in [3.05, 3.63) is 19.6 Å². The van der Waals surface area contributed by atoms with Gasteiger partial charge in [0.2, 0.25) is 11.6 Å². The van der Waals surface area contributed by atoms with Crippen molar-refractivity contribution in [3.63, 3.8) is 0 Å². The molecule has 0 saturated heterocycles. The van der Waals surface area contributed by atoms with Gasteiger partial charge in [-0.2, -0.15) is 0 Å². The average Bonchev–Trinajstić information content (AvgIpc) is 3.07. The fourth-order valence-electron chi connectivity index (χ4n) is 6.45. The van der Waals surface area contributed by atoms with Crippen LogP contribution in [-0.2, 0) is 48.9 Å². The van der Waals surface area contributed by atoms with Crippen LogP contribution in [0.25, 0.3) is 0 Å². The van der Waals surface area contributed by atoms with Gasteiger partial charge in [0.05, 0.1) is 23.0 Å². The predicted molar refractivity (Wildman–Crippen MR) is 213 cm³/mol. The molecule has 0 radical (unpaired) electrons. The molecular weight excluding hydrogens is 745 g/mol. The van der Waals surface area contributed by atoms with E-state index in [1.54, 1.807) is 0 Å². The Kier molecular flexibility index (Phi) is 23.3. The van der Waals surface area contributed by atoms with Crippen molar-refractivity contribution in [1.29, 1.82) is 0 Å². The Morgan fingerprint density at radius 1 is 0.269 bits per heavy atom. The molecule has 0 fully saturated rings. The van der Waals surface area contributed by atoms with E-state index in [9.17, 15) is 43.3 Å². The first-order chi connectivity index (χ1) is 24.6. The van der Waals surface area contributed by atoms with Gasteiger partial charge in [0, 0.05) is 0 Å². The number of rotatable bonds is 32. The summed E-state index contributed by atoms with van der Waals surface area (Å²) in [5.74, 6) is -6.11. The van der Waals surface area contributed by atoms with E-state index in [0.29, 0.717) is 51.4 Å². The number of hydrogen-bond donors (Lipinski definition) is 0. The largest absolute Gasteiger partial charge is 0.287 e. The van der Waals surface area contributed by atoms with Crippen molar-refractivity contribution < 1.29 is 43.3 Å². The molecule has 14 heteroatoms. The molecule has 0 aromatic carbocycles. The van der Waals surface area contributed by atoms with Crippen molar-refractivity contribution in [3.8, 4) is 0 Å². The maximum absolute atomic E-state index is 14.4. The van der Waals surface area contributed by atoms with Crippen LogP contribution in [0.3, 0.4) is 0 Å². The van der Waals surface area contributed by atoms with E-state index in [0.717, 1.165) is 77.0 Å². The minimum absolute atomic E-state index is 0.0640. The number of Topliss-reactive ketones (excluding diaryl/α,β-unsaturated/α-hetero) is 2. The molecule has 0 saturated carbocycles. The lowest BCUT2D eigenvalue weighted by atomic mass is 10.1. The summed E-state index contributed by atoms with van der Waals surface area (Å²) in [6, 6.07) is 0. The van der Waals surface area contributed by atoms with Gasteiger partial charge in [0.15, 0.2) is 39.3 Å². The fourth-order valence-corrected chi connectivity index (χ4v) is 14.3. The molecule has 0 aromatic rings. The van der Waals surface area contributed by atoms with Crippen LogP contribution in [-0.4, -0.2) is 68.2 Å². The Bertz CT molecular complexity index is 1380. The zero-order valence-corrected chi connectivity index (χ0v) is 35.8. The monoisotopic (exact) mass is 812 g/mol. The zero-order valence-electron chi connectivity index (χ0n) is 32.5. The van der Waals surface area contributed by atoms with E-state index in [4.69, 9.17) is 0 Å². The molecule has 0 unspecified atom stereocenters. The van der Waals surface area contributed by atoms with Gasteiger partial charge in [-0.25, -0.2) is 33.7 Å². The van der Waals surface area contributed by atoms with Crippen LogP contribution >= 0.6 is 0 Å². The predicted octanol–water partition coefficient (Wildman–Crippen LogP) is 8.66. The highest BCUT2D eigenvalue weighted by atomic mass is 32.2. The van der Waals surface area contributed by atoms with Gasteiger partial charge in [-0.05, 0) is 25.7 Å². The molecule has 0 heterocycles. The molecule has 1 rings (SSSR count). The molecular formula is C38H68O10S4. The van der Waals surface area contributed by atoms with E-state index in [2.05, 4.69) is 0 Å². The number of carbonyl (C=O) groups is 2. The lowest BCUT2D eigenvalue weighted by Gasteiger charge is -2.24. The van der Waals surface area contributed by atoms with Crippen molar-refractivity contribution in [1.82, 2.24) is 0 Å². The minimum atomic E-state index is -4.82. The summed E-state index contributed by atoms with van der Waals surface area (Å²) < 4.78 is 112. The number of ketones is 2. The van der Waals surface area contributed by atoms with Crippen LogP contribution in [0.2, 0.25) is 0 Å². The van der Waals surface area contributed by atoms with E-state index >= 15 is 0 Å². The molecule has 10 nitrogen and oxygen atoms in total. The standard InChI is InChI=1S/C38H68O10S4/c1-5-9-13-17-21-25-29-49(41,42)35-33(39)37(51(45,46)31-27-23-19-15-11-7-3)38(52(47,48)32-28-24-20-16-12-8-4)34(40)36(35)50(43,44)30-26-22-18-14-10-6-2/h5-32H2,1-4H3. The highest BCUT2D eigenvalue weighted by Crippen LogP contribution is 2.38. The normalized spacial score (nSPS) is 14.9. The molecule has 0 N–H and O–H groups in total. The summed E-state index contributed by atoms with van der Waals surface area (Å²) in [6.45, 7) is 8.12. The van der Waals surface area contributed by atoms with Crippen LogP contribution < -0.4 is 0 Å². The van der Waals surface area contributed by atoms with Crippen LogP contribution in [0.15, 0.2) is 19.6 Å². The van der Waals surface area contributed by atoms with Gasteiger partial charge in [0.25, 0.3) is 0 Å². The first-order valence-corrected chi connectivity index (χ1v) is 26.7. The third-order valence-corrected chi connectivity index (χ3v) is 17.2. The Morgan fingerprint density at radius 2 is 0.423 bits per heavy atom. The number of hydrogen-bond acceptors (Lipinski definition) is 10. The number of unbranched alkanes of at least 4 members (excludes halogenated alkanes) is 20. The molecule has 0 amide bonds. The Balaban J connectivity index is 3.82.